The second-order valence-electron chi connectivity index (χ2n) is 4.89. The van der Waals surface area contributed by atoms with Crippen LogP contribution in [-0.4, -0.2) is 18.0 Å². The third kappa shape index (κ3) is 4.95. The van der Waals surface area contributed by atoms with Gasteiger partial charge in [-0.1, -0.05) is 11.6 Å². The number of nitrogens with two attached hydrogens (primary N) is 1. The molecule has 17 heavy (non-hydrogen) atoms. The summed E-state index contributed by atoms with van der Waals surface area (Å²) < 4.78 is 0. The van der Waals surface area contributed by atoms with Crippen molar-refractivity contribution in [3.05, 3.63) is 23.2 Å². The molecule has 1 aromatic carbocycles. The summed E-state index contributed by atoms with van der Waals surface area (Å²) in [6.07, 6.45) is 0. The molecule has 4 N–H and O–H groups in total. The van der Waals surface area contributed by atoms with Gasteiger partial charge in [0.05, 0.1) is 17.3 Å². The molecule has 0 aliphatic carbocycles. The Labute approximate surface area is 107 Å². The molecule has 0 spiro atoms. The predicted molar refractivity (Wildman–Crippen MR) is 72.2 cm³/mol. The monoisotopic (exact) mass is 255 g/mol. The van der Waals surface area contributed by atoms with Crippen molar-refractivity contribution in [2.45, 2.75) is 26.3 Å². The summed E-state index contributed by atoms with van der Waals surface area (Å²) in [5, 5.41) is 6.32. The number of halogens is 1. The van der Waals surface area contributed by atoms with Crippen LogP contribution in [-0.2, 0) is 4.79 Å². The highest BCUT2D eigenvalue weighted by atomic mass is 35.5. The summed E-state index contributed by atoms with van der Waals surface area (Å²) in [7, 11) is 0. The zero-order chi connectivity index (χ0) is 13.1. The molecule has 0 aromatic heterocycles. The van der Waals surface area contributed by atoms with Gasteiger partial charge in [0.1, 0.15) is 0 Å². The molecule has 0 saturated heterocycles. The number of benzene rings is 1. The number of amides is 1. The number of anilines is 2. The molecule has 5 heteroatoms. The van der Waals surface area contributed by atoms with E-state index in [2.05, 4.69) is 10.6 Å². The lowest BCUT2D eigenvalue weighted by molar-refractivity contribution is -0.120. The molecule has 0 radical (unpaired) electrons. The lowest BCUT2D eigenvalue weighted by atomic mass is 10.1. The summed E-state index contributed by atoms with van der Waals surface area (Å²) in [5.41, 5.74) is 6.64. The van der Waals surface area contributed by atoms with Gasteiger partial charge in [0, 0.05) is 11.2 Å². The van der Waals surface area contributed by atoms with E-state index in [1.807, 2.05) is 20.8 Å². The Morgan fingerprint density at radius 2 is 2.06 bits per heavy atom. The minimum Gasteiger partial charge on any atom is -0.399 e. The van der Waals surface area contributed by atoms with E-state index in [0.717, 1.165) is 0 Å². The first-order valence-corrected chi connectivity index (χ1v) is 5.75. The molecular formula is C12H18ClN3O. The number of carbonyl (C=O) groups excluding carboxylic acids is 1. The fourth-order valence-electron chi connectivity index (χ4n) is 1.31. The molecule has 1 amide bonds. The van der Waals surface area contributed by atoms with Crippen LogP contribution in [0.4, 0.5) is 11.4 Å². The van der Waals surface area contributed by atoms with E-state index < -0.39 is 0 Å². The molecule has 0 unspecified atom stereocenters. The Kier molecular flexibility index (Phi) is 4.23. The van der Waals surface area contributed by atoms with Gasteiger partial charge < -0.3 is 16.4 Å². The second-order valence-corrected chi connectivity index (χ2v) is 5.30. The van der Waals surface area contributed by atoms with Crippen molar-refractivity contribution in [1.82, 2.24) is 5.32 Å². The van der Waals surface area contributed by atoms with Crippen molar-refractivity contribution in [2.24, 2.45) is 0 Å². The SMILES string of the molecule is CC(C)(C)NC(=O)CNc1ccc(N)cc1Cl. The first kappa shape index (κ1) is 13.6. The number of carbonyl (C=O) groups is 1. The smallest absolute Gasteiger partial charge is 0.239 e. The molecule has 94 valence electrons. The standard InChI is InChI=1S/C12H18ClN3O/c1-12(2,3)16-11(17)7-15-10-5-4-8(14)6-9(10)13/h4-6,15H,7,14H2,1-3H3,(H,16,17). The van der Waals surface area contributed by atoms with Crippen LogP contribution < -0.4 is 16.4 Å². The van der Waals surface area contributed by atoms with E-state index in [-0.39, 0.29) is 18.0 Å². The third-order valence-corrected chi connectivity index (χ3v) is 2.26. The van der Waals surface area contributed by atoms with Gasteiger partial charge in [-0.05, 0) is 39.0 Å². The Morgan fingerprint density at radius 1 is 1.41 bits per heavy atom. The average molecular weight is 256 g/mol. The maximum atomic E-state index is 11.6. The van der Waals surface area contributed by atoms with E-state index in [0.29, 0.717) is 16.4 Å². The molecule has 0 atom stereocenters. The van der Waals surface area contributed by atoms with Gasteiger partial charge in [-0.2, -0.15) is 0 Å². The highest BCUT2D eigenvalue weighted by molar-refractivity contribution is 6.33. The number of rotatable bonds is 3. The van der Waals surface area contributed by atoms with Gasteiger partial charge in [0.25, 0.3) is 0 Å². The van der Waals surface area contributed by atoms with Gasteiger partial charge in [-0.15, -0.1) is 0 Å². The lowest BCUT2D eigenvalue weighted by Gasteiger charge is -2.20. The van der Waals surface area contributed by atoms with Crippen LogP contribution in [0.25, 0.3) is 0 Å². The second kappa shape index (κ2) is 5.27. The van der Waals surface area contributed by atoms with E-state index in [1.54, 1.807) is 18.2 Å². The first-order chi connectivity index (χ1) is 7.78. The Balaban J connectivity index is 2.53. The van der Waals surface area contributed by atoms with E-state index in [1.165, 1.54) is 0 Å². The maximum absolute atomic E-state index is 11.6. The van der Waals surface area contributed by atoms with Gasteiger partial charge >= 0.3 is 0 Å². The van der Waals surface area contributed by atoms with Gasteiger partial charge in [0.2, 0.25) is 5.91 Å². The van der Waals surface area contributed by atoms with Gasteiger partial charge in [-0.3, -0.25) is 4.79 Å². The molecule has 0 aliphatic heterocycles. The largest absolute Gasteiger partial charge is 0.399 e. The Hall–Kier alpha value is -1.42. The van der Waals surface area contributed by atoms with Crippen molar-refractivity contribution in [1.29, 1.82) is 0 Å². The topological polar surface area (TPSA) is 67.2 Å². The Morgan fingerprint density at radius 3 is 2.59 bits per heavy atom. The summed E-state index contributed by atoms with van der Waals surface area (Å²) in [5.74, 6) is -0.0783. The number of nitrogens with one attached hydrogen (secondary N) is 2. The minimum atomic E-state index is -0.232. The maximum Gasteiger partial charge on any atom is 0.239 e. The Bertz CT molecular complexity index is 413. The quantitative estimate of drug-likeness (QED) is 0.726. The predicted octanol–water partition coefficient (Wildman–Crippen LogP) is 2.25. The van der Waals surface area contributed by atoms with Crippen molar-refractivity contribution in [3.8, 4) is 0 Å². The summed E-state index contributed by atoms with van der Waals surface area (Å²) in [4.78, 5) is 11.6. The fraction of sp³-hybridized carbons (Fsp3) is 0.417. The molecule has 0 heterocycles. The number of hydrogen-bond acceptors (Lipinski definition) is 3. The van der Waals surface area contributed by atoms with E-state index in [9.17, 15) is 4.79 Å². The van der Waals surface area contributed by atoms with Crippen LogP contribution >= 0.6 is 11.6 Å². The van der Waals surface area contributed by atoms with Crippen LogP contribution in [0.3, 0.4) is 0 Å². The molecule has 0 bridgehead atoms. The highest BCUT2D eigenvalue weighted by Gasteiger charge is 2.13. The summed E-state index contributed by atoms with van der Waals surface area (Å²) in [6.45, 7) is 5.98. The molecule has 0 aliphatic rings. The lowest BCUT2D eigenvalue weighted by Crippen LogP contribution is -2.43. The van der Waals surface area contributed by atoms with Crippen molar-refractivity contribution in [2.75, 3.05) is 17.6 Å². The summed E-state index contributed by atoms with van der Waals surface area (Å²) in [6, 6.07) is 5.13. The van der Waals surface area contributed by atoms with Crippen molar-refractivity contribution >= 4 is 28.9 Å². The van der Waals surface area contributed by atoms with Gasteiger partial charge in [0.15, 0.2) is 0 Å². The van der Waals surface area contributed by atoms with Crippen LogP contribution in [0, 0.1) is 0 Å². The van der Waals surface area contributed by atoms with Crippen LogP contribution in [0.5, 0.6) is 0 Å². The molecule has 4 nitrogen and oxygen atoms in total. The molecule has 1 aromatic rings. The van der Waals surface area contributed by atoms with Crippen molar-refractivity contribution < 1.29 is 4.79 Å². The van der Waals surface area contributed by atoms with E-state index in [4.69, 9.17) is 17.3 Å². The normalized spacial score (nSPS) is 11.1. The van der Waals surface area contributed by atoms with E-state index >= 15 is 0 Å². The zero-order valence-electron chi connectivity index (χ0n) is 10.3. The third-order valence-electron chi connectivity index (χ3n) is 1.95. The molecule has 1 rings (SSSR count). The van der Waals surface area contributed by atoms with Gasteiger partial charge in [-0.25, -0.2) is 0 Å². The molecule has 0 fully saturated rings. The highest BCUT2D eigenvalue weighted by Crippen LogP contribution is 2.23. The van der Waals surface area contributed by atoms with Crippen LogP contribution in [0.2, 0.25) is 5.02 Å². The molecule has 0 saturated carbocycles. The minimum absolute atomic E-state index is 0.0783. The number of nitrogen functional groups attached to an aromatic ring is 1. The molecular weight excluding hydrogens is 238 g/mol. The summed E-state index contributed by atoms with van der Waals surface area (Å²) >= 11 is 5.97. The fourth-order valence-corrected chi connectivity index (χ4v) is 1.57. The average Bonchev–Trinajstić information content (AvgIpc) is 2.13. The van der Waals surface area contributed by atoms with Crippen molar-refractivity contribution in [3.63, 3.8) is 0 Å². The zero-order valence-corrected chi connectivity index (χ0v) is 11.1. The van der Waals surface area contributed by atoms with Crippen LogP contribution in [0.1, 0.15) is 20.8 Å². The first-order valence-electron chi connectivity index (χ1n) is 5.38. The van der Waals surface area contributed by atoms with Crippen LogP contribution in [0.15, 0.2) is 18.2 Å². The number of hydrogen-bond donors (Lipinski definition) is 3.